The van der Waals surface area contributed by atoms with E-state index in [1.54, 1.807) is 6.07 Å². The van der Waals surface area contributed by atoms with E-state index >= 15 is 0 Å². The smallest absolute Gasteiger partial charge is 0.294 e. The van der Waals surface area contributed by atoms with Crippen LogP contribution in [0.25, 0.3) is 11.1 Å². The van der Waals surface area contributed by atoms with Gasteiger partial charge < -0.3 is 4.42 Å². The van der Waals surface area contributed by atoms with Crippen molar-refractivity contribution in [1.29, 1.82) is 0 Å². The Hall–Kier alpha value is -1.78. The van der Waals surface area contributed by atoms with Crippen molar-refractivity contribution < 1.29 is 4.42 Å². The molecule has 0 saturated heterocycles. The monoisotopic (exact) mass is 149 g/mol. The highest BCUT2D eigenvalue weighted by molar-refractivity contribution is 5.72. The maximum Gasteiger partial charge on any atom is 0.294 e. The van der Waals surface area contributed by atoms with E-state index in [4.69, 9.17) is 4.42 Å². The van der Waals surface area contributed by atoms with Crippen LogP contribution in [0.15, 0.2) is 28.1 Å². The molecule has 0 amide bonds. The van der Waals surface area contributed by atoms with Gasteiger partial charge in [0.1, 0.15) is 0 Å². The van der Waals surface area contributed by atoms with Gasteiger partial charge in [-0.1, -0.05) is 0 Å². The molecule has 0 atom stereocenters. The summed E-state index contributed by atoms with van der Waals surface area (Å²) in [4.78, 5) is 17.3. The van der Waals surface area contributed by atoms with Crippen LogP contribution in [0.1, 0.15) is 0 Å². The fourth-order valence-corrected chi connectivity index (χ4v) is 0.791. The molecule has 0 bridgehead atoms. The molecule has 0 fully saturated rings. The minimum Gasteiger partial charge on any atom is -0.446 e. The van der Waals surface area contributed by atoms with Gasteiger partial charge in [-0.05, 0) is 6.07 Å². The van der Waals surface area contributed by atoms with Gasteiger partial charge in [0, 0.05) is 11.4 Å². The maximum atomic E-state index is 9.96. The summed E-state index contributed by atoms with van der Waals surface area (Å²) < 4.78 is 4.91. The van der Waals surface area contributed by atoms with Crippen LogP contribution < -0.4 is 0 Å². The van der Waals surface area contributed by atoms with Crippen molar-refractivity contribution in [2.45, 2.75) is 0 Å². The third kappa shape index (κ3) is 0.861. The molecule has 0 N–H and O–H groups in total. The molecule has 2 aromatic heterocycles. The lowest BCUT2D eigenvalue weighted by Crippen LogP contribution is -1.77. The standard InChI is InChI=1S/C6H3N3O2/c10-9-6-7-3-4-1-2-11-5(4)8-6/h1-3H. The molecule has 0 saturated carbocycles. The van der Waals surface area contributed by atoms with Crippen LogP contribution in [-0.2, 0) is 0 Å². The Kier molecular flexibility index (Phi) is 1.15. The molecule has 0 aliphatic rings. The predicted octanol–water partition coefficient (Wildman–Crippen LogP) is 1.62. The molecule has 5 nitrogen and oxygen atoms in total. The fraction of sp³-hybridized carbons (Fsp3) is 0. The number of aromatic nitrogens is 2. The molecule has 0 unspecified atom stereocenters. The number of hydrogen-bond donors (Lipinski definition) is 0. The number of fused-ring (bicyclic) bond motifs is 1. The van der Waals surface area contributed by atoms with Crippen molar-refractivity contribution >= 4 is 17.0 Å². The summed E-state index contributed by atoms with van der Waals surface area (Å²) in [6, 6.07) is 1.71. The maximum absolute atomic E-state index is 9.96. The molecule has 5 heteroatoms. The number of rotatable bonds is 1. The van der Waals surface area contributed by atoms with Crippen molar-refractivity contribution in [1.82, 2.24) is 9.97 Å². The van der Waals surface area contributed by atoms with Crippen LogP contribution >= 0.6 is 0 Å². The summed E-state index contributed by atoms with van der Waals surface area (Å²) in [6.07, 6.45) is 2.97. The lowest BCUT2D eigenvalue weighted by molar-refractivity contribution is 0.602. The average molecular weight is 149 g/mol. The summed E-state index contributed by atoms with van der Waals surface area (Å²) in [5.41, 5.74) is 0.384. The van der Waals surface area contributed by atoms with Crippen molar-refractivity contribution in [2.24, 2.45) is 5.18 Å². The van der Waals surface area contributed by atoms with E-state index in [2.05, 4.69) is 15.1 Å². The summed E-state index contributed by atoms with van der Waals surface area (Å²) in [5.74, 6) is -0.104. The zero-order valence-corrected chi connectivity index (χ0v) is 5.39. The topological polar surface area (TPSA) is 68.3 Å². The predicted molar refractivity (Wildman–Crippen MR) is 37.3 cm³/mol. The van der Waals surface area contributed by atoms with Crippen molar-refractivity contribution in [3.05, 3.63) is 23.4 Å². The number of nitrogens with zero attached hydrogens (tertiary/aromatic N) is 3. The Morgan fingerprint density at radius 1 is 1.55 bits per heavy atom. The van der Waals surface area contributed by atoms with Crippen LogP contribution in [0.4, 0.5) is 5.95 Å². The second-order valence-electron chi connectivity index (χ2n) is 1.94. The molecule has 0 aliphatic heterocycles. The normalized spacial score (nSPS) is 10.2. The third-order valence-electron chi connectivity index (χ3n) is 1.28. The van der Waals surface area contributed by atoms with E-state index in [9.17, 15) is 4.91 Å². The first-order valence-electron chi connectivity index (χ1n) is 2.94. The quantitative estimate of drug-likeness (QED) is 0.577. The highest BCUT2D eigenvalue weighted by Crippen LogP contribution is 2.13. The van der Waals surface area contributed by atoms with E-state index in [-0.39, 0.29) is 5.95 Å². The SMILES string of the molecule is O=Nc1ncc2ccoc2n1. The van der Waals surface area contributed by atoms with E-state index in [0.717, 1.165) is 5.39 Å². The number of hydrogen-bond acceptors (Lipinski definition) is 5. The lowest BCUT2D eigenvalue weighted by atomic mass is 10.4. The minimum atomic E-state index is -0.104. The van der Waals surface area contributed by atoms with Crippen LogP contribution in [0.2, 0.25) is 0 Å². The molecule has 2 rings (SSSR count). The largest absolute Gasteiger partial charge is 0.446 e. The van der Waals surface area contributed by atoms with Crippen LogP contribution in [-0.4, -0.2) is 9.97 Å². The zero-order valence-electron chi connectivity index (χ0n) is 5.39. The Morgan fingerprint density at radius 3 is 3.27 bits per heavy atom. The van der Waals surface area contributed by atoms with Gasteiger partial charge in [-0.25, -0.2) is 4.98 Å². The molecule has 2 heterocycles. The Balaban J connectivity index is 2.76. The number of nitroso groups, excluding NO2 is 1. The van der Waals surface area contributed by atoms with Gasteiger partial charge in [-0.15, -0.1) is 4.91 Å². The average Bonchev–Trinajstić information content (AvgIpc) is 2.50. The second kappa shape index (κ2) is 2.12. The first-order valence-corrected chi connectivity index (χ1v) is 2.94. The first-order chi connectivity index (χ1) is 5.40. The summed E-state index contributed by atoms with van der Waals surface area (Å²) >= 11 is 0. The van der Waals surface area contributed by atoms with Crippen LogP contribution in [0.5, 0.6) is 0 Å². The van der Waals surface area contributed by atoms with Crippen molar-refractivity contribution in [3.8, 4) is 0 Å². The van der Waals surface area contributed by atoms with Gasteiger partial charge in [0.2, 0.25) is 5.71 Å². The highest BCUT2D eigenvalue weighted by Gasteiger charge is 2.00. The first kappa shape index (κ1) is 5.96. The van der Waals surface area contributed by atoms with E-state index in [1.807, 2.05) is 0 Å². The Labute approximate surface area is 61.0 Å². The summed E-state index contributed by atoms with van der Waals surface area (Å²) in [7, 11) is 0. The third-order valence-corrected chi connectivity index (χ3v) is 1.28. The summed E-state index contributed by atoms with van der Waals surface area (Å²) in [5, 5.41) is 3.33. The molecule has 0 aliphatic carbocycles. The minimum absolute atomic E-state index is 0.104. The van der Waals surface area contributed by atoms with E-state index in [1.165, 1.54) is 12.5 Å². The second-order valence-corrected chi connectivity index (χ2v) is 1.94. The van der Waals surface area contributed by atoms with Gasteiger partial charge in [0.05, 0.1) is 11.6 Å². The van der Waals surface area contributed by atoms with E-state index in [0.29, 0.717) is 5.71 Å². The molecule has 0 spiro atoms. The van der Waals surface area contributed by atoms with Gasteiger partial charge in [-0.3, -0.25) is 0 Å². The molecule has 0 radical (unpaired) electrons. The van der Waals surface area contributed by atoms with Crippen molar-refractivity contribution in [2.75, 3.05) is 0 Å². The highest BCUT2D eigenvalue weighted by atomic mass is 16.3. The van der Waals surface area contributed by atoms with Crippen LogP contribution in [0, 0.1) is 4.91 Å². The fourth-order valence-electron chi connectivity index (χ4n) is 0.791. The number of furan rings is 1. The Morgan fingerprint density at radius 2 is 2.45 bits per heavy atom. The van der Waals surface area contributed by atoms with E-state index < -0.39 is 0 Å². The lowest BCUT2D eigenvalue weighted by Gasteiger charge is -1.85. The molecular weight excluding hydrogens is 146 g/mol. The summed E-state index contributed by atoms with van der Waals surface area (Å²) in [6.45, 7) is 0. The van der Waals surface area contributed by atoms with Gasteiger partial charge in [0.15, 0.2) is 0 Å². The molecular formula is C6H3N3O2. The van der Waals surface area contributed by atoms with Gasteiger partial charge >= 0.3 is 0 Å². The van der Waals surface area contributed by atoms with Gasteiger partial charge in [-0.2, -0.15) is 4.98 Å². The molecule has 2 aromatic rings. The van der Waals surface area contributed by atoms with Crippen LogP contribution in [0.3, 0.4) is 0 Å². The zero-order chi connectivity index (χ0) is 7.68. The molecule has 54 valence electrons. The van der Waals surface area contributed by atoms with Gasteiger partial charge in [0.25, 0.3) is 5.95 Å². The molecule has 0 aromatic carbocycles. The molecule has 11 heavy (non-hydrogen) atoms. The van der Waals surface area contributed by atoms with Crippen molar-refractivity contribution in [3.63, 3.8) is 0 Å². The Bertz CT molecular complexity index is 395.